The van der Waals surface area contributed by atoms with Gasteiger partial charge in [0.2, 0.25) is 0 Å². The molecule has 4 aromatic rings. The molecule has 1 aliphatic rings. The summed E-state index contributed by atoms with van der Waals surface area (Å²) < 4.78 is 6.30. The standard InChI is InChI=1S/C25H20N4O3S/c1-16-5-4-6-19(15-16)28-24(23(27-25(28)33)20-7-2-3-14-26-20)22-13-12-21(32-22)17-8-10-18(11-9-17)29(30)31/h2-15,23-24H,1H3,(H,27,33)/t23-,24+/m0/s1. The van der Waals surface area contributed by atoms with Crippen LogP contribution in [0.3, 0.4) is 0 Å². The first kappa shape index (κ1) is 20.8. The second-order valence-electron chi connectivity index (χ2n) is 7.84. The zero-order valence-electron chi connectivity index (χ0n) is 17.7. The summed E-state index contributed by atoms with van der Waals surface area (Å²) in [6, 6.07) is 23.6. The zero-order chi connectivity index (χ0) is 22.9. The first-order valence-electron chi connectivity index (χ1n) is 10.4. The molecule has 0 aliphatic carbocycles. The lowest BCUT2D eigenvalue weighted by atomic mass is 10.0. The van der Waals surface area contributed by atoms with E-state index in [2.05, 4.69) is 21.3 Å². The summed E-state index contributed by atoms with van der Waals surface area (Å²) in [6.45, 7) is 2.04. The second kappa shape index (κ2) is 8.48. The third-order valence-electron chi connectivity index (χ3n) is 5.66. The van der Waals surface area contributed by atoms with Crippen molar-refractivity contribution in [1.82, 2.24) is 10.3 Å². The normalized spacial score (nSPS) is 17.7. The monoisotopic (exact) mass is 456 g/mol. The highest BCUT2D eigenvalue weighted by atomic mass is 32.1. The number of furan rings is 1. The number of anilines is 1. The molecule has 1 saturated heterocycles. The highest BCUT2D eigenvalue weighted by molar-refractivity contribution is 7.80. The summed E-state index contributed by atoms with van der Waals surface area (Å²) >= 11 is 5.74. The fourth-order valence-corrected chi connectivity index (χ4v) is 4.46. The fourth-order valence-electron chi connectivity index (χ4n) is 4.11. The van der Waals surface area contributed by atoms with Crippen molar-refractivity contribution in [3.63, 3.8) is 0 Å². The summed E-state index contributed by atoms with van der Waals surface area (Å²) in [5.41, 5.74) is 3.74. The molecule has 8 heteroatoms. The van der Waals surface area contributed by atoms with E-state index in [0.717, 1.165) is 22.5 Å². The van der Waals surface area contributed by atoms with Crippen molar-refractivity contribution in [2.24, 2.45) is 0 Å². The van der Waals surface area contributed by atoms with Gasteiger partial charge in [-0.15, -0.1) is 0 Å². The maximum Gasteiger partial charge on any atom is 0.269 e. The Bertz CT molecular complexity index is 1320. The van der Waals surface area contributed by atoms with Gasteiger partial charge in [0.15, 0.2) is 5.11 Å². The summed E-state index contributed by atoms with van der Waals surface area (Å²) in [5, 5.41) is 15.0. The molecule has 1 N–H and O–H groups in total. The Hall–Kier alpha value is -4.04. The summed E-state index contributed by atoms with van der Waals surface area (Å²) in [4.78, 5) is 17.2. The largest absolute Gasteiger partial charge is 0.459 e. The molecule has 0 spiro atoms. The molecule has 0 unspecified atom stereocenters. The van der Waals surface area contributed by atoms with Gasteiger partial charge in [0, 0.05) is 29.6 Å². The van der Waals surface area contributed by atoms with Gasteiger partial charge in [0.1, 0.15) is 17.6 Å². The lowest BCUT2D eigenvalue weighted by molar-refractivity contribution is -0.384. The summed E-state index contributed by atoms with van der Waals surface area (Å²) in [7, 11) is 0. The van der Waals surface area contributed by atoms with Crippen molar-refractivity contribution in [3.8, 4) is 11.3 Å². The lowest BCUT2D eigenvalue weighted by Crippen LogP contribution is -2.29. The Labute approximate surface area is 195 Å². The van der Waals surface area contributed by atoms with Crippen LogP contribution in [-0.2, 0) is 0 Å². The van der Waals surface area contributed by atoms with Crippen LogP contribution in [0.25, 0.3) is 11.3 Å². The molecule has 1 fully saturated rings. The van der Waals surface area contributed by atoms with Crippen LogP contribution in [0.15, 0.2) is 89.5 Å². The van der Waals surface area contributed by atoms with Crippen LogP contribution < -0.4 is 10.2 Å². The fraction of sp³-hybridized carbons (Fsp3) is 0.120. The average Bonchev–Trinajstić information content (AvgIpc) is 3.44. The molecule has 5 rings (SSSR count). The third-order valence-corrected chi connectivity index (χ3v) is 5.97. The molecule has 1 aliphatic heterocycles. The van der Waals surface area contributed by atoms with Crippen molar-refractivity contribution >= 4 is 28.7 Å². The number of thiocarbonyl (C=S) groups is 1. The molecule has 164 valence electrons. The van der Waals surface area contributed by atoms with E-state index in [-0.39, 0.29) is 17.8 Å². The van der Waals surface area contributed by atoms with E-state index < -0.39 is 4.92 Å². The van der Waals surface area contributed by atoms with E-state index in [1.165, 1.54) is 12.1 Å². The molecule has 0 bridgehead atoms. The molecular formula is C25H20N4O3S. The molecule has 3 heterocycles. The van der Waals surface area contributed by atoms with E-state index in [4.69, 9.17) is 16.6 Å². The van der Waals surface area contributed by atoms with E-state index in [0.29, 0.717) is 16.6 Å². The molecular weight excluding hydrogens is 436 g/mol. The molecule has 0 amide bonds. The number of aryl methyl sites for hydroxylation is 1. The Kier molecular flexibility index (Phi) is 5.35. The van der Waals surface area contributed by atoms with Gasteiger partial charge < -0.3 is 14.6 Å². The lowest BCUT2D eigenvalue weighted by Gasteiger charge is -2.26. The van der Waals surface area contributed by atoms with Crippen LogP contribution in [0.1, 0.15) is 29.1 Å². The average molecular weight is 457 g/mol. The molecule has 2 aromatic carbocycles. The predicted molar refractivity (Wildman–Crippen MR) is 130 cm³/mol. The zero-order valence-corrected chi connectivity index (χ0v) is 18.5. The van der Waals surface area contributed by atoms with Crippen LogP contribution in [0, 0.1) is 17.0 Å². The number of benzene rings is 2. The number of nitrogens with one attached hydrogen (secondary N) is 1. The highest BCUT2D eigenvalue weighted by Gasteiger charge is 2.42. The van der Waals surface area contributed by atoms with E-state index in [9.17, 15) is 10.1 Å². The molecule has 0 saturated carbocycles. The molecule has 0 radical (unpaired) electrons. The number of aromatic nitrogens is 1. The maximum atomic E-state index is 11.0. The number of hydrogen-bond acceptors (Lipinski definition) is 5. The smallest absolute Gasteiger partial charge is 0.269 e. The van der Waals surface area contributed by atoms with Crippen LogP contribution in [-0.4, -0.2) is 15.0 Å². The molecule has 7 nitrogen and oxygen atoms in total. The number of hydrogen-bond donors (Lipinski definition) is 1. The van der Waals surface area contributed by atoms with Crippen LogP contribution in [0.5, 0.6) is 0 Å². The summed E-state index contributed by atoms with van der Waals surface area (Å²) in [6.07, 6.45) is 1.76. The number of non-ortho nitro benzene ring substituents is 1. The Morgan fingerprint density at radius 3 is 2.58 bits per heavy atom. The van der Waals surface area contributed by atoms with Crippen LogP contribution in [0.4, 0.5) is 11.4 Å². The van der Waals surface area contributed by atoms with Gasteiger partial charge in [0.05, 0.1) is 16.7 Å². The van der Waals surface area contributed by atoms with Crippen molar-refractivity contribution in [1.29, 1.82) is 0 Å². The van der Waals surface area contributed by atoms with Crippen molar-refractivity contribution in [2.75, 3.05) is 4.90 Å². The van der Waals surface area contributed by atoms with Crippen molar-refractivity contribution < 1.29 is 9.34 Å². The SMILES string of the molecule is Cc1cccc(N2C(=S)N[C@@H](c3ccccn3)[C@H]2c2ccc(-c3ccc([N+](=O)[O-])cc3)o2)c1. The third kappa shape index (κ3) is 3.96. The quantitative estimate of drug-likeness (QED) is 0.233. The number of rotatable bonds is 5. The Balaban J connectivity index is 1.57. The van der Waals surface area contributed by atoms with E-state index in [1.54, 1.807) is 18.3 Å². The number of nitro benzene ring substituents is 1. The van der Waals surface area contributed by atoms with Gasteiger partial charge in [-0.1, -0.05) is 18.2 Å². The van der Waals surface area contributed by atoms with Crippen molar-refractivity contribution in [2.45, 2.75) is 19.0 Å². The van der Waals surface area contributed by atoms with Crippen LogP contribution >= 0.6 is 12.2 Å². The Morgan fingerprint density at radius 1 is 1.06 bits per heavy atom. The number of nitrogens with zero attached hydrogens (tertiary/aromatic N) is 3. The molecule has 2 atom stereocenters. The Morgan fingerprint density at radius 2 is 1.88 bits per heavy atom. The topological polar surface area (TPSA) is 84.4 Å². The van der Waals surface area contributed by atoms with Gasteiger partial charge in [-0.2, -0.15) is 0 Å². The van der Waals surface area contributed by atoms with Gasteiger partial charge >= 0.3 is 0 Å². The second-order valence-corrected chi connectivity index (χ2v) is 8.23. The summed E-state index contributed by atoms with van der Waals surface area (Å²) in [5.74, 6) is 1.34. The predicted octanol–water partition coefficient (Wildman–Crippen LogP) is 5.74. The minimum absolute atomic E-state index is 0.0386. The minimum atomic E-state index is -0.417. The molecule has 33 heavy (non-hydrogen) atoms. The maximum absolute atomic E-state index is 11.0. The molecule has 2 aromatic heterocycles. The van der Waals surface area contributed by atoms with Crippen LogP contribution in [0.2, 0.25) is 0 Å². The van der Waals surface area contributed by atoms with E-state index in [1.807, 2.05) is 55.5 Å². The van der Waals surface area contributed by atoms with Gasteiger partial charge in [0.25, 0.3) is 5.69 Å². The number of pyridine rings is 1. The first-order valence-corrected chi connectivity index (χ1v) is 10.8. The van der Waals surface area contributed by atoms with Crippen molar-refractivity contribution in [3.05, 3.63) is 112 Å². The number of nitro groups is 1. The first-order chi connectivity index (χ1) is 16.0. The van der Waals surface area contributed by atoms with Gasteiger partial charge in [-0.05, 0) is 73.2 Å². The van der Waals surface area contributed by atoms with E-state index >= 15 is 0 Å². The minimum Gasteiger partial charge on any atom is -0.459 e. The highest BCUT2D eigenvalue weighted by Crippen LogP contribution is 2.43. The van der Waals surface area contributed by atoms with Gasteiger partial charge in [-0.3, -0.25) is 15.1 Å². The van der Waals surface area contributed by atoms with Gasteiger partial charge in [-0.25, -0.2) is 0 Å².